The second-order valence-corrected chi connectivity index (χ2v) is 4.78. The van der Waals surface area contributed by atoms with Gasteiger partial charge in [0.15, 0.2) is 0 Å². The van der Waals surface area contributed by atoms with Gasteiger partial charge in [0, 0.05) is 6.04 Å². The first-order valence-electron chi connectivity index (χ1n) is 6.26. The Bertz CT molecular complexity index is 233. The third-order valence-electron chi connectivity index (χ3n) is 3.86. The van der Waals surface area contributed by atoms with E-state index >= 15 is 0 Å². The Kier molecular flexibility index (Phi) is 5.22. The fourth-order valence-electron chi connectivity index (χ4n) is 2.87. The molecule has 1 saturated carbocycles. The number of likely N-dealkylation sites (N-methyl/N-ethyl adjacent to an activating group) is 1. The lowest BCUT2D eigenvalue weighted by Crippen LogP contribution is -2.50. The molecule has 0 aliphatic heterocycles. The number of aliphatic carboxylic acids is 1. The minimum atomic E-state index is -0.716. The average molecular weight is 228 g/mol. The van der Waals surface area contributed by atoms with Crippen molar-refractivity contribution in [3.05, 3.63) is 0 Å². The highest BCUT2D eigenvalue weighted by molar-refractivity contribution is 5.73. The number of nitrogens with zero attached hydrogens (tertiary/aromatic N) is 1. The Hall–Kier alpha value is -0.610. The van der Waals surface area contributed by atoms with Gasteiger partial charge >= 0.3 is 5.97 Å². The molecule has 0 bridgehead atoms. The zero-order valence-corrected chi connectivity index (χ0v) is 10.4. The number of carboxylic acids is 1. The van der Waals surface area contributed by atoms with Gasteiger partial charge in [-0.3, -0.25) is 9.69 Å². The van der Waals surface area contributed by atoms with Crippen LogP contribution in [0, 0.1) is 5.92 Å². The van der Waals surface area contributed by atoms with Crippen molar-refractivity contribution < 1.29 is 9.90 Å². The second-order valence-electron chi connectivity index (χ2n) is 4.78. The zero-order chi connectivity index (χ0) is 12.1. The van der Waals surface area contributed by atoms with Crippen LogP contribution in [0.1, 0.15) is 39.0 Å². The molecule has 4 heteroatoms. The molecule has 0 aromatic rings. The van der Waals surface area contributed by atoms with E-state index < -0.39 is 5.97 Å². The lowest BCUT2D eigenvalue weighted by molar-refractivity contribution is -0.144. The monoisotopic (exact) mass is 228 g/mol. The van der Waals surface area contributed by atoms with Crippen LogP contribution >= 0.6 is 0 Å². The van der Waals surface area contributed by atoms with Crippen LogP contribution in [0.15, 0.2) is 0 Å². The van der Waals surface area contributed by atoms with Gasteiger partial charge in [0.2, 0.25) is 0 Å². The van der Waals surface area contributed by atoms with Gasteiger partial charge in [-0.1, -0.05) is 19.8 Å². The van der Waals surface area contributed by atoms with Crippen LogP contribution in [0.4, 0.5) is 0 Å². The molecule has 0 saturated heterocycles. The first-order valence-corrected chi connectivity index (χ1v) is 6.26. The Morgan fingerprint density at radius 2 is 2.12 bits per heavy atom. The molecule has 1 rings (SSSR count). The normalized spacial score (nSPS) is 28.0. The number of carbonyl (C=O) groups is 1. The lowest BCUT2D eigenvalue weighted by Gasteiger charge is -2.40. The van der Waals surface area contributed by atoms with Crippen molar-refractivity contribution in [3.8, 4) is 0 Å². The summed E-state index contributed by atoms with van der Waals surface area (Å²) in [5.74, 6) is -0.251. The molecule has 3 N–H and O–H groups in total. The summed E-state index contributed by atoms with van der Waals surface area (Å²) in [6.45, 7) is 2.60. The number of nitrogens with two attached hydrogens (primary N) is 1. The first-order chi connectivity index (χ1) is 7.61. The Labute approximate surface area is 97.8 Å². The minimum Gasteiger partial charge on any atom is -0.480 e. The fourth-order valence-corrected chi connectivity index (χ4v) is 2.87. The van der Waals surface area contributed by atoms with Crippen LogP contribution in [-0.2, 0) is 4.79 Å². The summed E-state index contributed by atoms with van der Waals surface area (Å²) >= 11 is 0. The van der Waals surface area contributed by atoms with E-state index in [9.17, 15) is 4.79 Å². The Balaban J connectivity index is 2.68. The van der Waals surface area contributed by atoms with Crippen LogP contribution in [0.3, 0.4) is 0 Å². The zero-order valence-electron chi connectivity index (χ0n) is 10.4. The van der Waals surface area contributed by atoms with Crippen LogP contribution in [0.25, 0.3) is 0 Å². The molecule has 1 fully saturated rings. The molecular formula is C12H24N2O2. The maximum atomic E-state index is 11.1. The molecule has 0 heterocycles. The van der Waals surface area contributed by atoms with Crippen LogP contribution in [0.5, 0.6) is 0 Å². The lowest BCUT2D eigenvalue weighted by atomic mass is 9.83. The molecule has 0 amide bonds. The third-order valence-corrected chi connectivity index (χ3v) is 3.86. The van der Waals surface area contributed by atoms with Crippen molar-refractivity contribution in [2.45, 2.75) is 51.1 Å². The third kappa shape index (κ3) is 2.95. The van der Waals surface area contributed by atoms with E-state index in [1.807, 2.05) is 18.9 Å². The van der Waals surface area contributed by atoms with Gasteiger partial charge in [-0.2, -0.15) is 0 Å². The maximum Gasteiger partial charge on any atom is 0.320 e. The van der Waals surface area contributed by atoms with Crippen LogP contribution in [-0.4, -0.2) is 41.7 Å². The summed E-state index contributed by atoms with van der Waals surface area (Å²) in [5, 5.41) is 9.16. The fraction of sp³-hybridized carbons (Fsp3) is 0.917. The number of hydrogen-bond donors (Lipinski definition) is 2. The molecule has 16 heavy (non-hydrogen) atoms. The first kappa shape index (κ1) is 13.5. The Morgan fingerprint density at radius 3 is 2.62 bits per heavy atom. The van der Waals surface area contributed by atoms with Crippen LogP contribution in [0.2, 0.25) is 0 Å². The van der Waals surface area contributed by atoms with E-state index in [4.69, 9.17) is 10.8 Å². The van der Waals surface area contributed by atoms with E-state index in [0.29, 0.717) is 24.9 Å². The minimum absolute atomic E-state index is 0.347. The number of rotatable bonds is 5. The highest BCUT2D eigenvalue weighted by Crippen LogP contribution is 2.28. The molecule has 0 aromatic heterocycles. The summed E-state index contributed by atoms with van der Waals surface area (Å²) in [6.07, 6.45) is 5.31. The quantitative estimate of drug-likeness (QED) is 0.744. The molecule has 0 spiro atoms. The summed E-state index contributed by atoms with van der Waals surface area (Å²) in [6, 6.07) is -0.0167. The standard InChI is InChI=1S/C12H24N2O2/c1-3-10(12(15)16)14(2)11-7-5-4-6-9(11)8-13/h9-11H,3-8,13H2,1-2H3,(H,15,16). The van der Waals surface area contributed by atoms with E-state index in [-0.39, 0.29) is 6.04 Å². The van der Waals surface area contributed by atoms with Crippen molar-refractivity contribution in [1.29, 1.82) is 0 Å². The molecule has 94 valence electrons. The molecule has 1 aliphatic rings. The molecule has 0 aromatic carbocycles. The largest absolute Gasteiger partial charge is 0.480 e. The molecular weight excluding hydrogens is 204 g/mol. The highest BCUT2D eigenvalue weighted by atomic mass is 16.4. The van der Waals surface area contributed by atoms with Crippen molar-refractivity contribution in [2.75, 3.05) is 13.6 Å². The predicted octanol–water partition coefficient (Wildman–Crippen LogP) is 1.30. The van der Waals surface area contributed by atoms with Crippen molar-refractivity contribution >= 4 is 5.97 Å². The topological polar surface area (TPSA) is 66.6 Å². The SMILES string of the molecule is CCC(C(=O)O)N(C)C1CCCCC1CN. The second kappa shape index (κ2) is 6.21. The number of hydrogen-bond acceptors (Lipinski definition) is 3. The van der Waals surface area contributed by atoms with Gasteiger partial charge in [-0.15, -0.1) is 0 Å². The van der Waals surface area contributed by atoms with E-state index in [2.05, 4.69) is 0 Å². The van der Waals surface area contributed by atoms with E-state index in [0.717, 1.165) is 12.8 Å². The van der Waals surface area contributed by atoms with Gasteiger partial charge < -0.3 is 10.8 Å². The maximum absolute atomic E-state index is 11.1. The summed E-state index contributed by atoms with van der Waals surface area (Å²) in [7, 11) is 1.93. The van der Waals surface area contributed by atoms with Gasteiger partial charge in [0.05, 0.1) is 0 Å². The van der Waals surface area contributed by atoms with Crippen molar-refractivity contribution in [3.63, 3.8) is 0 Å². The molecule has 3 unspecified atom stereocenters. The van der Waals surface area contributed by atoms with Crippen molar-refractivity contribution in [2.24, 2.45) is 11.7 Å². The van der Waals surface area contributed by atoms with Gasteiger partial charge in [-0.05, 0) is 38.8 Å². The summed E-state index contributed by atoms with van der Waals surface area (Å²) < 4.78 is 0. The van der Waals surface area contributed by atoms with Gasteiger partial charge in [0.25, 0.3) is 0 Å². The Morgan fingerprint density at radius 1 is 1.50 bits per heavy atom. The van der Waals surface area contributed by atoms with E-state index in [1.54, 1.807) is 0 Å². The smallest absolute Gasteiger partial charge is 0.320 e. The summed E-state index contributed by atoms with van der Waals surface area (Å²) in [5.41, 5.74) is 5.78. The molecule has 0 radical (unpaired) electrons. The van der Waals surface area contributed by atoms with Crippen molar-refractivity contribution in [1.82, 2.24) is 4.90 Å². The van der Waals surface area contributed by atoms with Gasteiger partial charge in [-0.25, -0.2) is 0 Å². The molecule has 4 nitrogen and oxygen atoms in total. The van der Waals surface area contributed by atoms with E-state index in [1.165, 1.54) is 12.8 Å². The molecule has 1 aliphatic carbocycles. The van der Waals surface area contributed by atoms with Crippen LogP contribution < -0.4 is 5.73 Å². The summed E-state index contributed by atoms with van der Waals surface area (Å²) in [4.78, 5) is 13.2. The van der Waals surface area contributed by atoms with Gasteiger partial charge in [0.1, 0.15) is 6.04 Å². The molecule has 3 atom stereocenters. The average Bonchev–Trinajstić information content (AvgIpc) is 2.29. The highest BCUT2D eigenvalue weighted by Gasteiger charge is 2.32. The predicted molar refractivity (Wildman–Crippen MR) is 64.3 cm³/mol. The number of carboxylic acid groups (broad SMARTS) is 1.